The zero-order chi connectivity index (χ0) is 16.9. The maximum Gasteiger partial charge on any atom is 0.270 e. The van der Waals surface area contributed by atoms with Crippen LogP contribution in [0.2, 0.25) is 0 Å². The third-order valence-electron chi connectivity index (χ3n) is 3.83. The van der Waals surface area contributed by atoms with Gasteiger partial charge in [0.1, 0.15) is 0 Å². The number of nitro groups is 1. The predicted octanol–water partition coefficient (Wildman–Crippen LogP) is 3.97. The number of carbonyl (C=O) groups excluding carboxylic acids is 1. The molecule has 0 saturated heterocycles. The standard InChI is InChI=1S/C17H17N3O3S/c21-16(10-9-12-5-4-6-13(11-12)20(22)23)19-17-18-14-7-2-1-3-8-15(14)24-17/h4-6,9-11H,1-3,7-8H2,(H,18,19,21)/b10-9+. The van der Waals surface area contributed by atoms with E-state index in [9.17, 15) is 14.9 Å². The van der Waals surface area contributed by atoms with Crippen molar-refractivity contribution in [3.05, 3.63) is 56.6 Å². The van der Waals surface area contributed by atoms with Gasteiger partial charge in [0.15, 0.2) is 5.13 Å². The lowest BCUT2D eigenvalue weighted by atomic mass is 10.2. The molecule has 1 heterocycles. The first kappa shape index (κ1) is 16.3. The number of anilines is 1. The SMILES string of the molecule is O=C(/C=C/c1cccc([N+](=O)[O-])c1)Nc1nc2c(s1)CCCCC2. The fourth-order valence-electron chi connectivity index (χ4n) is 2.64. The van der Waals surface area contributed by atoms with Crippen LogP contribution in [-0.4, -0.2) is 15.8 Å². The molecule has 0 atom stereocenters. The highest BCUT2D eigenvalue weighted by Gasteiger charge is 2.14. The summed E-state index contributed by atoms with van der Waals surface area (Å²) in [5.74, 6) is -0.287. The quantitative estimate of drug-likeness (QED) is 0.394. The Morgan fingerprint density at radius 2 is 2.12 bits per heavy atom. The van der Waals surface area contributed by atoms with Gasteiger partial charge in [0.05, 0.1) is 10.6 Å². The first-order valence-electron chi connectivity index (χ1n) is 7.84. The predicted molar refractivity (Wildman–Crippen MR) is 94.1 cm³/mol. The van der Waals surface area contributed by atoms with Crippen molar-refractivity contribution in [1.29, 1.82) is 0 Å². The lowest BCUT2D eigenvalue weighted by Crippen LogP contribution is -2.07. The number of benzene rings is 1. The van der Waals surface area contributed by atoms with Crippen molar-refractivity contribution in [3.63, 3.8) is 0 Å². The molecule has 2 aromatic rings. The Morgan fingerprint density at radius 1 is 1.29 bits per heavy atom. The number of nitro benzene ring substituents is 1. The van der Waals surface area contributed by atoms with Crippen LogP contribution in [0.25, 0.3) is 6.08 Å². The number of rotatable bonds is 4. The molecular formula is C17H17N3O3S. The van der Waals surface area contributed by atoms with Gasteiger partial charge in [0, 0.05) is 23.1 Å². The smallest absolute Gasteiger partial charge is 0.270 e. The summed E-state index contributed by atoms with van der Waals surface area (Å²) in [5, 5.41) is 14.1. The zero-order valence-electron chi connectivity index (χ0n) is 13.0. The maximum atomic E-state index is 12.0. The van der Waals surface area contributed by atoms with Gasteiger partial charge in [-0.25, -0.2) is 4.98 Å². The topological polar surface area (TPSA) is 85.1 Å². The molecule has 1 aliphatic carbocycles. The molecule has 124 valence electrons. The van der Waals surface area contributed by atoms with Crippen molar-refractivity contribution < 1.29 is 9.72 Å². The molecule has 6 nitrogen and oxygen atoms in total. The summed E-state index contributed by atoms with van der Waals surface area (Å²) in [6.45, 7) is 0. The third kappa shape index (κ3) is 4.05. The van der Waals surface area contributed by atoms with E-state index in [2.05, 4.69) is 10.3 Å². The lowest BCUT2D eigenvalue weighted by molar-refractivity contribution is -0.384. The normalized spacial score (nSPS) is 14.2. The van der Waals surface area contributed by atoms with Gasteiger partial charge < -0.3 is 0 Å². The second kappa shape index (κ2) is 7.35. The van der Waals surface area contributed by atoms with Crippen LogP contribution < -0.4 is 5.32 Å². The number of amides is 1. The Morgan fingerprint density at radius 3 is 2.96 bits per heavy atom. The highest BCUT2D eigenvalue weighted by atomic mass is 32.1. The van der Waals surface area contributed by atoms with Gasteiger partial charge >= 0.3 is 0 Å². The fourth-order valence-corrected chi connectivity index (χ4v) is 3.70. The molecule has 1 aromatic carbocycles. The number of aromatic nitrogens is 1. The van der Waals surface area contributed by atoms with E-state index in [-0.39, 0.29) is 11.6 Å². The van der Waals surface area contributed by atoms with E-state index in [1.54, 1.807) is 18.2 Å². The molecule has 1 amide bonds. The summed E-state index contributed by atoms with van der Waals surface area (Å²) < 4.78 is 0. The highest BCUT2D eigenvalue weighted by Crippen LogP contribution is 2.28. The minimum atomic E-state index is -0.458. The molecule has 1 N–H and O–H groups in total. The van der Waals surface area contributed by atoms with Crippen LogP contribution in [0.4, 0.5) is 10.8 Å². The molecule has 0 aliphatic heterocycles. The molecule has 0 spiro atoms. The van der Waals surface area contributed by atoms with Crippen molar-refractivity contribution in [3.8, 4) is 0 Å². The van der Waals surface area contributed by atoms with Gasteiger partial charge in [-0.1, -0.05) is 18.6 Å². The average molecular weight is 343 g/mol. The number of carbonyl (C=O) groups is 1. The Hall–Kier alpha value is -2.54. The van der Waals surface area contributed by atoms with Crippen LogP contribution in [0.15, 0.2) is 30.3 Å². The number of thiazole rings is 1. The number of hydrogen-bond acceptors (Lipinski definition) is 5. The largest absolute Gasteiger partial charge is 0.298 e. The number of nitrogens with one attached hydrogen (secondary N) is 1. The van der Waals surface area contributed by atoms with E-state index in [1.807, 2.05) is 0 Å². The van der Waals surface area contributed by atoms with Gasteiger partial charge in [-0.3, -0.25) is 20.2 Å². The number of nitrogens with zero attached hydrogens (tertiary/aromatic N) is 2. The number of hydrogen-bond donors (Lipinski definition) is 1. The Balaban J connectivity index is 1.65. The van der Waals surface area contributed by atoms with Crippen LogP contribution in [0.1, 0.15) is 35.4 Å². The minimum absolute atomic E-state index is 0.00113. The maximum absolute atomic E-state index is 12.0. The molecule has 0 bridgehead atoms. The molecule has 0 saturated carbocycles. The summed E-state index contributed by atoms with van der Waals surface area (Å²) in [6, 6.07) is 6.14. The van der Waals surface area contributed by atoms with Gasteiger partial charge in [-0.05, 0) is 37.3 Å². The number of fused-ring (bicyclic) bond motifs is 1. The van der Waals surface area contributed by atoms with Crippen molar-refractivity contribution in [2.75, 3.05) is 5.32 Å². The lowest BCUT2D eigenvalue weighted by Gasteiger charge is -1.97. The summed E-state index contributed by atoms with van der Waals surface area (Å²) >= 11 is 1.54. The van der Waals surface area contributed by atoms with Crippen LogP contribution in [0.5, 0.6) is 0 Å². The summed E-state index contributed by atoms with van der Waals surface area (Å²) in [7, 11) is 0. The van der Waals surface area contributed by atoms with Crippen LogP contribution in [0.3, 0.4) is 0 Å². The minimum Gasteiger partial charge on any atom is -0.298 e. The van der Waals surface area contributed by atoms with Gasteiger partial charge in [-0.2, -0.15) is 0 Å². The van der Waals surface area contributed by atoms with Gasteiger partial charge in [-0.15, -0.1) is 11.3 Å². The van der Waals surface area contributed by atoms with E-state index in [1.165, 1.54) is 47.3 Å². The van der Waals surface area contributed by atoms with E-state index in [0.717, 1.165) is 25.0 Å². The van der Waals surface area contributed by atoms with Crippen molar-refractivity contribution in [2.45, 2.75) is 32.1 Å². The molecule has 1 aliphatic rings. The summed E-state index contributed by atoms with van der Waals surface area (Å²) in [5.41, 5.74) is 1.71. The van der Waals surface area contributed by atoms with Crippen LogP contribution >= 0.6 is 11.3 Å². The molecule has 0 unspecified atom stereocenters. The monoisotopic (exact) mass is 343 g/mol. The Kier molecular flexibility index (Phi) is 5.00. The molecule has 0 radical (unpaired) electrons. The second-order valence-electron chi connectivity index (χ2n) is 5.62. The highest BCUT2D eigenvalue weighted by molar-refractivity contribution is 7.15. The molecule has 0 fully saturated rings. The first-order valence-corrected chi connectivity index (χ1v) is 8.65. The average Bonchev–Trinajstić information content (AvgIpc) is 2.81. The van der Waals surface area contributed by atoms with Crippen LogP contribution in [-0.2, 0) is 17.6 Å². The fraction of sp³-hybridized carbons (Fsp3) is 0.294. The van der Waals surface area contributed by atoms with Crippen LogP contribution in [0, 0.1) is 10.1 Å². The third-order valence-corrected chi connectivity index (χ3v) is 4.91. The number of aryl methyl sites for hydroxylation is 2. The van der Waals surface area contributed by atoms with Crippen molar-refractivity contribution in [1.82, 2.24) is 4.98 Å². The van der Waals surface area contributed by atoms with Gasteiger partial charge in [0.2, 0.25) is 5.91 Å². The summed E-state index contributed by atoms with van der Waals surface area (Å²) in [6.07, 6.45) is 8.49. The van der Waals surface area contributed by atoms with E-state index in [0.29, 0.717) is 10.7 Å². The first-order chi connectivity index (χ1) is 11.6. The van der Waals surface area contributed by atoms with E-state index < -0.39 is 4.92 Å². The molecule has 24 heavy (non-hydrogen) atoms. The van der Waals surface area contributed by atoms with Crippen molar-refractivity contribution in [2.24, 2.45) is 0 Å². The van der Waals surface area contributed by atoms with Crippen molar-refractivity contribution >= 4 is 34.1 Å². The zero-order valence-corrected chi connectivity index (χ0v) is 13.8. The summed E-state index contributed by atoms with van der Waals surface area (Å²) in [4.78, 5) is 28.1. The second-order valence-corrected chi connectivity index (χ2v) is 6.71. The molecular weight excluding hydrogens is 326 g/mol. The molecule has 1 aromatic heterocycles. The van der Waals surface area contributed by atoms with E-state index >= 15 is 0 Å². The molecule has 7 heteroatoms. The van der Waals surface area contributed by atoms with E-state index in [4.69, 9.17) is 0 Å². The molecule has 3 rings (SSSR count). The Bertz CT molecular complexity index is 775. The Labute approximate surface area is 143 Å². The van der Waals surface area contributed by atoms with Gasteiger partial charge in [0.25, 0.3) is 5.69 Å². The number of non-ortho nitro benzene ring substituents is 1.